The number of benzene rings is 2. The van der Waals surface area contributed by atoms with Gasteiger partial charge in [-0.1, -0.05) is 47.0 Å². The van der Waals surface area contributed by atoms with Crippen LogP contribution in [0.1, 0.15) is 101 Å². The van der Waals surface area contributed by atoms with E-state index in [0.29, 0.717) is 53.1 Å². The van der Waals surface area contributed by atoms with E-state index in [0.717, 1.165) is 51.1 Å². The average Bonchev–Trinajstić information content (AvgIpc) is 3.35. The Labute approximate surface area is 246 Å². The monoisotopic (exact) mass is 563 g/mol. The molecular weight excluding hydrogens is 514 g/mol. The zero-order valence-corrected chi connectivity index (χ0v) is 25.5. The van der Waals surface area contributed by atoms with Gasteiger partial charge < -0.3 is 24.7 Å². The van der Waals surface area contributed by atoms with E-state index >= 15 is 0 Å². The molecule has 0 aliphatic carbocycles. The summed E-state index contributed by atoms with van der Waals surface area (Å²) in [6, 6.07) is 12.6. The molecular formula is C34H49N3O4. The lowest BCUT2D eigenvalue weighted by molar-refractivity contribution is 0.103. The number of ketones is 1. The van der Waals surface area contributed by atoms with Gasteiger partial charge in [0.15, 0.2) is 5.78 Å². The second-order valence-electron chi connectivity index (χ2n) is 10.7. The van der Waals surface area contributed by atoms with Crippen molar-refractivity contribution < 1.29 is 18.7 Å². The second-order valence-corrected chi connectivity index (χ2v) is 10.7. The number of nitrogens with one attached hydrogen (secondary N) is 2. The summed E-state index contributed by atoms with van der Waals surface area (Å²) in [4.78, 5) is 28.5. The zero-order valence-electron chi connectivity index (χ0n) is 25.5. The van der Waals surface area contributed by atoms with Crippen LogP contribution in [0.3, 0.4) is 0 Å². The van der Waals surface area contributed by atoms with Crippen LogP contribution in [0.15, 0.2) is 46.9 Å². The molecule has 2 aromatic carbocycles. The van der Waals surface area contributed by atoms with Crippen LogP contribution < -0.4 is 15.4 Å². The van der Waals surface area contributed by atoms with E-state index in [1.165, 1.54) is 25.7 Å². The van der Waals surface area contributed by atoms with E-state index in [1.807, 2.05) is 43.3 Å². The van der Waals surface area contributed by atoms with Crippen LogP contribution in [0.2, 0.25) is 0 Å². The Kier molecular flexibility index (Phi) is 13.7. The Morgan fingerprint density at radius 2 is 1.51 bits per heavy atom. The van der Waals surface area contributed by atoms with Crippen molar-refractivity contribution in [3.05, 3.63) is 59.4 Å². The number of urea groups is 1. The highest BCUT2D eigenvalue weighted by Gasteiger charge is 2.22. The zero-order chi connectivity index (χ0) is 29.5. The number of rotatable bonds is 19. The van der Waals surface area contributed by atoms with Gasteiger partial charge >= 0.3 is 6.03 Å². The third-order valence-corrected chi connectivity index (χ3v) is 7.20. The number of anilines is 1. The molecule has 0 atom stereocenters. The molecule has 41 heavy (non-hydrogen) atoms. The molecule has 0 aliphatic rings. The van der Waals surface area contributed by atoms with Crippen LogP contribution in [0.25, 0.3) is 11.0 Å². The number of furan rings is 1. The van der Waals surface area contributed by atoms with Gasteiger partial charge in [0, 0.05) is 36.1 Å². The van der Waals surface area contributed by atoms with Crippen LogP contribution in [-0.4, -0.2) is 49.5 Å². The number of fused-ring (bicyclic) bond motifs is 1. The first-order valence-electron chi connectivity index (χ1n) is 15.6. The van der Waals surface area contributed by atoms with Gasteiger partial charge in [0.2, 0.25) is 0 Å². The molecule has 224 valence electrons. The van der Waals surface area contributed by atoms with Crippen molar-refractivity contribution in [2.75, 3.05) is 38.1 Å². The van der Waals surface area contributed by atoms with Gasteiger partial charge in [-0.2, -0.15) is 0 Å². The van der Waals surface area contributed by atoms with Gasteiger partial charge in [-0.15, -0.1) is 0 Å². The third kappa shape index (κ3) is 9.92. The minimum absolute atomic E-state index is 0.0866. The molecule has 0 radical (unpaired) electrons. The normalized spacial score (nSPS) is 11.2. The van der Waals surface area contributed by atoms with Gasteiger partial charge in [-0.05, 0) is 87.7 Å². The molecule has 0 saturated carbocycles. The van der Waals surface area contributed by atoms with Crippen LogP contribution in [-0.2, 0) is 6.42 Å². The Morgan fingerprint density at radius 1 is 0.829 bits per heavy atom. The van der Waals surface area contributed by atoms with Crippen molar-refractivity contribution in [3.63, 3.8) is 0 Å². The predicted molar refractivity (Wildman–Crippen MR) is 168 cm³/mol. The van der Waals surface area contributed by atoms with Gasteiger partial charge in [0.05, 0.1) is 12.2 Å². The molecule has 2 amide bonds. The summed E-state index contributed by atoms with van der Waals surface area (Å²) in [5.74, 6) is 1.37. The minimum Gasteiger partial charge on any atom is -0.494 e. The summed E-state index contributed by atoms with van der Waals surface area (Å²) >= 11 is 0. The lowest BCUT2D eigenvalue weighted by Gasteiger charge is -2.21. The summed E-state index contributed by atoms with van der Waals surface area (Å²) in [5, 5.41) is 6.39. The number of ether oxygens (including phenoxy) is 1. The summed E-state index contributed by atoms with van der Waals surface area (Å²) in [6.45, 7) is 13.2. The Hall–Kier alpha value is -3.32. The standard InChI is InChI=1S/C34H49N3O4/c1-5-9-13-31-32(29-25-27(16-19-30(29)41-31)36-34(39)35-20-8-4)33(38)26-14-17-28(18-15-26)40-24-12-23-37(21-10-6-2)22-11-7-3/h14-19,25H,5-13,20-24H2,1-4H3,(H2,35,36,39). The van der Waals surface area contributed by atoms with Crippen molar-refractivity contribution in [1.29, 1.82) is 0 Å². The fourth-order valence-corrected chi connectivity index (χ4v) is 4.83. The van der Waals surface area contributed by atoms with Crippen molar-refractivity contribution in [2.24, 2.45) is 0 Å². The number of hydrogen-bond acceptors (Lipinski definition) is 5. The molecule has 3 rings (SSSR count). The number of carbonyl (C=O) groups is 2. The smallest absolute Gasteiger partial charge is 0.319 e. The quantitative estimate of drug-likeness (QED) is 0.113. The van der Waals surface area contributed by atoms with E-state index in [9.17, 15) is 9.59 Å². The van der Waals surface area contributed by atoms with Crippen molar-refractivity contribution in [3.8, 4) is 5.75 Å². The summed E-state index contributed by atoms with van der Waals surface area (Å²) in [5.41, 5.74) is 2.42. The van der Waals surface area contributed by atoms with Crippen molar-refractivity contribution >= 4 is 28.5 Å². The number of amides is 2. The number of nitrogens with zero attached hydrogens (tertiary/aromatic N) is 1. The average molecular weight is 564 g/mol. The molecule has 2 N–H and O–H groups in total. The number of aryl methyl sites for hydroxylation is 1. The first-order chi connectivity index (χ1) is 20.0. The van der Waals surface area contributed by atoms with E-state index in [1.54, 1.807) is 6.07 Å². The number of unbranched alkanes of at least 4 members (excludes halogenated alkanes) is 3. The summed E-state index contributed by atoms with van der Waals surface area (Å²) in [7, 11) is 0. The van der Waals surface area contributed by atoms with E-state index in [4.69, 9.17) is 9.15 Å². The van der Waals surface area contributed by atoms with Gasteiger partial charge in [-0.3, -0.25) is 4.79 Å². The highest BCUT2D eigenvalue weighted by molar-refractivity contribution is 6.17. The van der Waals surface area contributed by atoms with Crippen molar-refractivity contribution in [1.82, 2.24) is 10.2 Å². The first-order valence-corrected chi connectivity index (χ1v) is 15.6. The van der Waals surface area contributed by atoms with Gasteiger partial charge in [0.1, 0.15) is 17.1 Å². The van der Waals surface area contributed by atoms with E-state index in [2.05, 4.69) is 36.3 Å². The third-order valence-electron chi connectivity index (χ3n) is 7.20. The fourth-order valence-electron chi connectivity index (χ4n) is 4.83. The minimum atomic E-state index is -0.265. The van der Waals surface area contributed by atoms with Crippen LogP contribution in [0.5, 0.6) is 5.75 Å². The fraction of sp³-hybridized carbons (Fsp3) is 0.529. The van der Waals surface area contributed by atoms with Gasteiger partial charge in [-0.25, -0.2) is 4.79 Å². The van der Waals surface area contributed by atoms with Crippen molar-refractivity contribution in [2.45, 2.75) is 85.5 Å². The van der Waals surface area contributed by atoms with E-state index in [-0.39, 0.29) is 11.8 Å². The molecule has 7 heteroatoms. The molecule has 0 bridgehead atoms. The maximum Gasteiger partial charge on any atom is 0.319 e. The van der Waals surface area contributed by atoms with Crippen LogP contribution >= 0.6 is 0 Å². The van der Waals surface area contributed by atoms with Crippen LogP contribution in [0.4, 0.5) is 10.5 Å². The lowest BCUT2D eigenvalue weighted by Crippen LogP contribution is -2.29. The SMILES string of the molecule is CCCCc1oc2ccc(NC(=O)NCCC)cc2c1C(=O)c1ccc(OCCCN(CCCC)CCCC)cc1. The highest BCUT2D eigenvalue weighted by Crippen LogP contribution is 2.32. The largest absolute Gasteiger partial charge is 0.494 e. The lowest BCUT2D eigenvalue weighted by atomic mass is 9.98. The Morgan fingerprint density at radius 3 is 2.17 bits per heavy atom. The molecule has 0 aliphatic heterocycles. The topological polar surface area (TPSA) is 83.8 Å². The number of carbonyl (C=O) groups excluding carboxylic acids is 2. The second kappa shape index (κ2) is 17.5. The molecule has 0 fully saturated rings. The Bertz CT molecular complexity index is 1210. The predicted octanol–water partition coefficient (Wildman–Crippen LogP) is 8.21. The van der Waals surface area contributed by atoms with Crippen LogP contribution in [0, 0.1) is 0 Å². The summed E-state index contributed by atoms with van der Waals surface area (Å²) < 4.78 is 12.2. The molecule has 0 spiro atoms. The maximum absolute atomic E-state index is 13.8. The highest BCUT2D eigenvalue weighted by atomic mass is 16.5. The first kappa shape index (κ1) is 32.2. The van der Waals surface area contributed by atoms with E-state index < -0.39 is 0 Å². The molecule has 3 aromatic rings. The molecule has 1 heterocycles. The molecule has 1 aromatic heterocycles. The maximum atomic E-state index is 13.8. The molecule has 0 saturated heterocycles. The number of hydrogen-bond donors (Lipinski definition) is 2. The molecule has 7 nitrogen and oxygen atoms in total. The summed E-state index contributed by atoms with van der Waals surface area (Å²) in [6.07, 6.45) is 9.33. The van der Waals surface area contributed by atoms with Gasteiger partial charge in [0.25, 0.3) is 0 Å². The molecule has 0 unspecified atom stereocenters. The Balaban J connectivity index is 1.70.